The van der Waals surface area contributed by atoms with Gasteiger partial charge in [0.2, 0.25) is 0 Å². The van der Waals surface area contributed by atoms with Gasteiger partial charge in [-0.05, 0) is 61.1 Å². The van der Waals surface area contributed by atoms with Gasteiger partial charge in [0.05, 0.1) is 0 Å². The number of halogens is 1. The minimum Gasteiger partial charge on any atom is -0.293 e. The molecule has 1 aliphatic carbocycles. The van der Waals surface area contributed by atoms with Crippen LogP contribution in [0.5, 0.6) is 0 Å². The maximum atomic E-state index is 13.5. The topological polar surface area (TPSA) is 17.1 Å². The van der Waals surface area contributed by atoms with Gasteiger partial charge in [0.1, 0.15) is 5.82 Å². The van der Waals surface area contributed by atoms with Crippen LogP contribution in [0.2, 0.25) is 0 Å². The molecule has 1 aliphatic rings. The summed E-state index contributed by atoms with van der Waals surface area (Å²) in [6, 6.07) is 12.7. The third kappa shape index (κ3) is 2.38. The number of carbonyl (C=O) groups excluding carboxylic acids is 1. The second-order valence-electron chi connectivity index (χ2n) is 5.53. The van der Waals surface area contributed by atoms with E-state index in [-0.39, 0.29) is 17.5 Å². The first kappa shape index (κ1) is 13.0. The van der Waals surface area contributed by atoms with E-state index in [9.17, 15) is 9.18 Å². The molecule has 0 aromatic heterocycles. The number of aryl methyl sites for hydroxylation is 2. The molecule has 0 fully saturated rings. The molecule has 0 spiro atoms. The van der Waals surface area contributed by atoms with Crippen LogP contribution in [0.3, 0.4) is 0 Å². The minimum atomic E-state index is -0.336. The second-order valence-corrected chi connectivity index (χ2v) is 5.53. The van der Waals surface area contributed by atoms with Crippen molar-refractivity contribution in [1.82, 2.24) is 0 Å². The summed E-state index contributed by atoms with van der Waals surface area (Å²) in [4.78, 5) is 12.7. The monoisotopic (exact) mass is 268 g/mol. The summed E-state index contributed by atoms with van der Waals surface area (Å²) < 4.78 is 13.5. The Morgan fingerprint density at radius 1 is 1.20 bits per heavy atom. The lowest BCUT2D eigenvalue weighted by Gasteiger charge is -2.24. The summed E-state index contributed by atoms with van der Waals surface area (Å²) in [7, 11) is 0. The molecule has 0 saturated heterocycles. The third-order valence-electron chi connectivity index (χ3n) is 4.01. The lowest BCUT2D eigenvalue weighted by atomic mass is 9.79. The summed E-state index contributed by atoms with van der Waals surface area (Å²) in [6.45, 7) is 1.81. The predicted molar refractivity (Wildman–Crippen MR) is 77.6 cm³/mol. The van der Waals surface area contributed by atoms with Crippen LogP contribution in [0.1, 0.15) is 45.8 Å². The number of benzene rings is 2. The Morgan fingerprint density at radius 3 is 2.80 bits per heavy atom. The summed E-state index contributed by atoms with van der Waals surface area (Å²) in [5.41, 5.74) is 3.65. The zero-order valence-electron chi connectivity index (χ0n) is 11.5. The van der Waals surface area contributed by atoms with Crippen LogP contribution in [-0.2, 0) is 6.42 Å². The summed E-state index contributed by atoms with van der Waals surface area (Å²) >= 11 is 0. The molecule has 0 radical (unpaired) electrons. The first-order valence-electron chi connectivity index (χ1n) is 7.04. The predicted octanol–water partition coefficient (Wildman–Crippen LogP) is 4.44. The fraction of sp³-hybridized carbons (Fsp3) is 0.278. The molecule has 102 valence electrons. The molecule has 0 bridgehead atoms. The molecule has 2 aromatic carbocycles. The van der Waals surface area contributed by atoms with Gasteiger partial charge < -0.3 is 0 Å². The molecule has 20 heavy (non-hydrogen) atoms. The summed E-state index contributed by atoms with van der Waals surface area (Å²) in [6.07, 6.45) is 2.90. The first-order valence-corrected chi connectivity index (χ1v) is 7.04. The van der Waals surface area contributed by atoms with Crippen molar-refractivity contribution in [2.45, 2.75) is 32.1 Å². The molecule has 0 heterocycles. The van der Waals surface area contributed by atoms with Gasteiger partial charge in [-0.2, -0.15) is 0 Å². The Bertz CT molecular complexity index is 640. The van der Waals surface area contributed by atoms with Crippen LogP contribution >= 0.6 is 0 Å². The summed E-state index contributed by atoms with van der Waals surface area (Å²) in [5, 5.41) is 0. The van der Waals surface area contributed by atoms with E-state index in [0.29, 0.717) is 5.56 Å². The van der Waals surface area contributed by atoms with Crippen LogP contribution in [0.25, 0.3) is 0 Å². The Hall–Kier alpha value is -1.96. The second kappa shape index (κ2) is 5.20. The van der Waals surface area contributed by atoms with E-state index in [1.165, 1.54) is 17.7 Å². The van der Waals surface area contributed by atoms with Gasteiger partial charge in [-0.1, -0.05) is 24.3 Å². The third-order valence-corrected chi connectivity index (χ3v) is 4.01. The van der Waals surface area contributed by atoms with E-state index >= 15 is 0 Å². The van der Waals surface area contributed by atoms with Crippen LogP contribution in [-0.4, -0.2) is 5.78 Å². The van der Waals surface area contributed by atoms with Gasteiger partial charge in [-0.25, -0.2) is 4.39 Å². The Balaban J connectivity index is 1.99. The number of rotatable bonds is 2. The van der Waals surface area contributed by atoms with Gasteiger partial charge in [0.25, 0.3) is 0 Å². The standard InChI is InChI=1S/C18H17FO/c1-12-9-14(11-15(19)10-12)18(20)17-8-4-6-13-5-2-3-7-16(13)17/h2-3,5,7,9-11,17H,4,6,8H2,1H3. The number of ketones is 1. The number of fused-ring (bicyclic) bond motifs is 1. The Kier molecular flexibility index (Phi) is 3.39. The van der Waals surface area contributed by atoms with E-state index in [4.69, 9.17) is 0 Å². The molecule has 1 atom stereocenters. The lowest BCUT2D eigenvalue weighted by Crippen LogP contribution is -2.19. The van der Waals surface area contributed by atoms with Crippen molar-refractivity contribution >= 4 is 5.78 Å². The van der Waals surface area contributed by atoms with Gasteiger partial charge >= 0.3 is 0 Å². The molecular formula is C18H17FO. The first-order chi connectivity index (χ1) is 9.65. The van der Waals surface area contributed by atoms with Gasteiger partial charge in [-0.3, -0.25) is 4.79 Å². The van der Waals surface area contributed by atoms with E-state index in [0.717, 1.165) is 30.4 Å². The zero-order valence-corrected chi connectivity index (χ0v) is 11.5. The number of Topliss-reactive ketones (excluding diaryl/α,β-unsaturated/α-hetero) is 1. The van der Waals surface area contributed by atoms with E-state index in [1.54, 1.807) is 6.07 Å². The average Bonchev–Trinajstić information content (AvgIpc) is 2.45. The van der Waals surface area contributed by atoms with Crippen molar-refractivity contribution in [2.75, 3.05) is 0 Å². The van der Waals surface area contributed by atoms with Crippen LogP contribution in [0, 0.1) is 12.7 Å². The van der Waals surface area contributed by atoms with Gasteiger partial charge in [0.15, 0.2) is 5.78 Å². The molecular weight excluding hydrogens is 251 g/mol. The molecule has 2 aromatic rings. The normalized spacial score (nSPS) is 17.6. The maximum Gasteiger partial charge on any atom is 0.170 e. The molecule has 1 nitrogen and oxygen atoms in total. The van der Waals surface area contributed by atoms with Crippen molar-refractivity contribution in [1.29, 1.82) is 0 Å². The highest BCUT2D eigenvalue weighted by atomic mass is 19.1. The van der Waals surface area contributed by atoms with Crippen LogP contribution in [0.4, 0.5) is 4.39 Å². The van der Waals surface area contributed by atoms with Gasteiger partial charge in [-0.15, -0.1) is 0 Å². The quantitative estimate of drug-likeness (QED) is 0.736. The fourth-order valence-corrected chi connectivity index (χ4v) is 3.11. The molecule has 0 N–H and O–H groups in total. The number of carbonyl (C=O) groups is 1. The largest absolute Gasteiger partial charge is 0.293 e. The van der Waals surface area contributed by atoms with Crippen molar-refractivity contribution < 1.29 is 9.18 Å². The Labute approximate surface area is 118 Å². The average molecular weight is 268 g/mol. The highest BCUT2D eigenvalue weighted by Crippen LogP contribution is 2.34. The van der Waals surface area contributed by atoms with Crippen molar-refractivity contribution in [3.63, 3.8) is 0 Å². The SMILES string of the molecule is Cc1cc(F)cc(C(=O)C2CCCc3ccccc32)c1. The van der Waals surface area contributed by atoms with E-state index in [1.807, 2.05) is 25.1 Å². The number of hydrogen-bond donors (Lipinski definition) is 0. The molecule has 0 aliphatic heterocycles. The van der Waals surface area contributed by atoms with Crippen molar-refractivity contribution in [3.8, 4) is 0 Å². The summed E-state index contributed by atoms with van der Waals surface area (Å²) in [5.74, 6) is -0.418. The maximum absolute atomic E-state index is 13.5. The number of hydrogen-bond acceptors (Lipinski definition) is 1. The smallest absolute Gasteiger partial charge is 0.170 e. The Morgan fingerprint density at radius 2 is 2.00 bits per heavy atom. The molecule has 1 unspecified atom stereocenters. The zero-order chi connectivity index (χ0) is 14.1. The van der Waals surface area contributed by atoms with Crippen LogP contribution < -0.4 is 0 Å². The van der Waals surface area contributed by atoms with Crippen LogP contribution in [0.15, 0.2) is 42.5 Å². The van der Waals surface area contributed by atoms with E-state index < -0.39 is 0 Å². The highest BCUT2D eigenvalue weighted by molar-refractivity contribution is 6.01. The van der Waals surface area contributed by atoms with E-state index in [2.05, 4.69) is 6.07 Å². The molecule has 0 saturated carbocycles. The minimum absolute atomic E-state index is 0.0414. The van der Waals surface area contributed by atoms with Crippen molar-refractivity contribution in [2.24, 2.45) is 0 Å². The lowest BCUT2D eigenvalue weighted by molar-refractivity contribution is 0.0950. The van der Waals surface area contributed by atoms with Gasteiger partial charge in [0, 0.05) is 11.5 Å². The fourth-order valence-electron chi connectivity index (χ4n) is 3.11. The molecule has 0 amide bonds. The molecule has 2 heteroatoms. The highest BCUT2D eigenvalue weighted by Gasteiger charge is 2.27. The molecule has 3 rings (SSSR count). The van der Waals surface area contributed by atoms with Crippen molar-refractivity contribution in [3.05, 3.63) is 70.5 Å².